The van der Waals surface area contributed by atoms with Gasteiger partial charge < -0.3 is 4.42 Å². The number of benzene rings is 1. The molecule has 0 saturated heterocycles. The van der Waals surface area contributed by atoms with E-state index in [9.17, 15) is 0 Å². The topological polar surface area (TPSA) is 64.7 Å². The van der Waals surface area contributed by atoms with Crippen LogP contribution in [0.4, 0.5) is 0 Å². The number of thiophene rings is 1. The van der Waals surface area contributed by atoms with Crippen molar-refractivity contribution >= 4 is 33.3 Å². The van der Waals surface area contributed by atoms with Crippen molar-refractivity contribution in [1.82, 2.24) is 20.2 Å². The molecule has 5 nitrogen and oxygen atoms in total. The summed E-state index contributed by atoms with van der Waals surface area (Å²) in [5.41, 5.74) is 3.40. The molecule has 4 rings (SSSR count). The Labute approximate surface area is 166 Å². The molecule has 7 heteroatoms. The molecule has 0 radical (unpaired) electrons. The highest BCUT2D eigenvalue weighted by molar-refractivity contribution is 7.98. The van der Waals surface area contributed by atoms with Crippen molar-refractivity contribution in [3.8, 4) is 11.5 Å². The maximum absolute atomic E-state index is 5.85. The lowest BCUT2D eigenvalue weighted by atomic mass is 10.1. The van der Waals surface area contributed by atoms with E-state index < -0.39 is 0 Å². The zero-order chi connectivity index (χ0) is 19.0. The smallest absolute Gasteiger partial charge is 0.247 e. The molecule has 138 valence electrons. The van der Waals surface area contributed by atoms with Crippen LogP contribution in [0.25, 0.3) is 21.7 Å². The Morgan fingerprint density at radius 1 is 1.04 bits per heavy atom. The number of aryl methyl sites for hydroxylation is 4. The lowest BCUT2D eigenvalue weighted by Gasteiger charge is -2.04. The monoisotopic (exact) mass is 396 g/mol. The molecule has 3 heterocycles. The van der Waals surface area contributed by atoms with Crippen LogP contribution < -0.4 is 0 Å². The molecule has 0 saturated carbocycles. The number of hydrogen-bond acceptors (Lipinski definition) is 7. The van der Waals surface area contributed by atoms with Gasteiger partial charge in [0.25, 0.3) is 0 Å². The predicted octanol–water partition coefficient (Wildman–Crippen LogP) is 5.52. The van der Waals surface area contributed by atoms with Crippen LogP contribution in [0.15, 0.2) is 33.7 Å². The lowest BCUT2D eigenvalue weighted by Crippen LogP contribution is -1.95. The van der Waals surface area contributed by atoms with Crippen LogP contribution in [-0.4, -0.2) is 20.2 Å². The highest BCUT2D eigenvalue weighted by Crippen LogP contribution is 2.36. The van der Waals surface area contributed by atoms with Gasteiger partial charge in [0, 0.05) is 22.2 Å². The van der Waals surface area contributed by atoms with E-state index in [0.29, 0.717) is 17.5 Å². The molecule has 0 spiro atoms. The van der Waals surface area contributed by atoms with Gasteiger partial charge in [0.2, 0.25) is 11.8 Å². The molecule has 1 aromatic carbocycles. The number of hydrogen-bond donors (Lipinski definition) is 0. The average molecular weight is 397 g/mol. The summed E-state index contributed by atoms with van der Waals surface area (Å²) in [5, 5.41) is 10.5. The van der Waals surface area contributed by atoms with Gasteiger partial charge in [0.05, 0.1) is 5.75 Å². The fourth-order valence-corrected chi connectivity index (χ4v) is 4.83. The fraction of sp³-hybridized carbons (Fsp3) is 0.300. The van der Waals surface area contributed by atoms with Crippen LogP contribution in [0.2, 0.25) is 0 Å². The molecule has 0 amide bonds. The van der Waals surface area contributed by atoms with E-state index in [1.807, 2.05) is 24.3 Å². The van der Waals surface area contributed by atoms with Crippen molar-refractivity contribution in [3.05, 3.63) is 52.0 Å². The SMILES string of the molecule is CCc1nc(SCc2nnc(-c3ccc(C)cc3)o2)c2c(C)c(C)sc2n1. The largest absolute Gasteiger partial charge is 0.420 e. The minimum Gasteiger partial charge on any atom is -0.420 e. The van der Waals surface area contributed by atoms with Gasteiger partial charge in [-0.15, -0.1) is 21.5 Å². The average Bonchev–Trinajstić information content (AvgIpc) is 3.25. The van der Waals surface area contributed by atoms with E-state index in [-0.39, 0.29) is 0 Å². The van der Waals surface area contributed by atoms with Gasteiger partial charge in [-0.2, -0.15) is 0 Å². The van der Waals surface area contributed by atoms with E-state index in [1.165, 1.54) is 16.0 Å². The minimum atomic E-state index is 0.551. The summed E-state index contributed by atoms with van der Waals surface area (Å²) in [5.74, 6) is 2.61. The third-order valence-corrected chi connectivity index (χ3v) is 6.52. The summed E-state index contributed by atoms with van der Waals surface area (Å²) in [6.07, 6.45) is 0.817. The molecule has 0 aliphatic heterocycles. The maximum atomic E-state index is 5.85. The van der Waals surface area contributed by atoms with Crippen molar-refractivity contribution in [2.75, 3.05) is 0 Å². The summed E-state index contributed by atoms with van der Waals surface area (Å²) >= 11 is 3.36. The first-order valence-electron chi connectivity index (χ1n) is 8.84. The number of nitrogens with zero attached hydrogens (tertiary/aromatic N) is 4. The second kappa shape index (κ2) is 7.40. The normalized spacial score (nSPS) is 11.4. The summed E-state index contributed by atoms with van der Waals surface area (Å²) < 4.78 is 5.85. The third-order valence-electron chi connectivity index (χ3n) is 4.46. The first-order chi connectivity index (χ1) is 13.0. The Bertz CT molecular complexity index is 1100. The van der Waals surface area contributed by atoms with Gasteiger partial charge in [-0.25, -0.2) is 9.97 Å². The summed E-state index contributed by atoms with van der Waals surface area (Å²) in [7, 11) is 0. The number of thioether (sulfide) groups is 1. The van der Waals surface area contributed by atoms with Gasteiger partial charge in [0.15, 0.2) is 0 Å². The fourth-order valence-electron chi connectivity index (χ4n) is 2.77. The standard InChI is InChI=1S/C20H20N4OS2/c1-5-15-21-19(17-12(3)13(4)27-20(17)22-15)26-10-16-23-24-18(25-16)14-8-6-11(2)7-9-14/h6-9H,5,10H2,1-4H3. The molecule has 0 bridgehead atoms. The quantitative estimate of drug-likeness (QED) is 0.327. The van der Waals surface area contributed by atoms with E-state index >= 15 is 0 Å². The molecular weight excluding hydrogens is 376 g/mol. The van der Waals surface area contributed by atoms with E-state index in [0.717, 1.165) is 33.1 Å². The van der Waals surface area contributed by atoms with Crippen molar-refractivity contribution in [2.45, 2.75) is 44.9 Å². The molecule has 0 N–H and O–H groups in total. The van der Waals surface area contributed by atoms with Crippen LogP contribution in [0.1, 0.15) is 34.6 Å². The van der Waals surface area contributed by atoms with Crippen molar-refractivity contribution < 1.29 is 4.42 Å². The molecule has 0 aliphatic carbocycles. The lowest BCUT2D eigenvalue weighted by molar-refractivity contribution is 0.528. The van der Waals surface area contributed by atoms with Gasteiger partial charge >= 0.3 is 0 Å². The van der Waals surface area contributed by atoms with E-state index in [2.05, 4.69) is 42.9 Å². The Kier molecular flexibility index (Phi) is 4.97. The molecule has 0 atom stereocenters. The summed E-state index contributed by atoms with van der Waals surface area (Å²) in [6, 6.07) is 8.08. The van der Waals surface area contributed by atoms with Crippen LogP contribution >= 0.6 is 23.1 Å². The second-order valence-corrected chi connectivity index (χ2v) is 8.58. The van der Waals surface area contributed by atoms with Crippen LogP contribution in [0.5, 0.6) is 0 Å². The molecule has 4 aromatic rings. The Hall–Kier alpha value is -2.25. The zero-order valence-corrected chi connectivity index (χ0v) is 17.4. The van der Waals surface area contributed by atoms with Gasteiger partial charge in [-0.05, 0) is 38.5 Å². The zero-order valence-electron chi connectivity index (χ0n) is 15.7. The summed E-state index contributed by atoms with van der Waals surface area (Å²) in [4.78, 5) is 11.8. The second-order valence-electron chi connectivity index (χ2n) is 6.42. The first-order valence-corrected chi connectivity index (χ1v) is 10.6. The Balaban J connectivity index is 1.59. The predicted molar refractivity (Wildman–Crippen MR) is 110 cm³/mol. The molecule has 3 aromatic heterocycles. The Morgan fingerprint density at radius 3 is 2.56 bits per heavy atom. The van der Waals surface area contributed by atoms with Crippen molar-refractivity contribution in [3.63, 3.8) is 0 Å². The number of fused-ring (bicyclic) bond motifs is 1. The van der Waals surface area contributed by atoms with E-state index in [1.54, 1.807) is 23.1 Å². The maximum Gasteiger partial charge on any atom is 0.247 e. The number of aromatic nitrogens is 4. The number of rotatable bonds is 5. The van der Waals surface area contributed by atoms with Gasteiger partial charge in [0.1, 0.15) is 15.7 Å². The Morgan fingerprint density at radius 2 is 1.81 bits per heavy atom. The first kappa shape index (κ1) is 18.1. The van der Waals surface area contributed by atoms with Gasteiger partial charge in [-0.1, -0.05) is 36.4 Å². The third kappa shape index (κ3) is 3.61. The molecule has 0 fully saturated rings. The molecule has 27 heavy (non-hydrogen) atoms. The molecule has 0 aliphatic rings. The summed E-state index contributed by atoms with van der Waals surface area (Å²) in [6.45, 7) is 8.40. The molecule has 0 unspecified atom stereocenters. The van der Waals surface area contributed by atoms with Crippen molar-refractivity contribution in [2.24, 2.45) is 0 Å². The van der Waals surface area contributed by atoms with Crippen LogP contribution in [0, 0.1) is 20.8 Å². The minimum absolute atomic E-state index is 0.551. The highest BCUT2D eigenvalue weighted by Gasteiger charge is 2.16. The molecular formula is C20H20N4OS2. The highest BCUT2D eigenvalue weighted by atomic mass is 32.2. The van der Waals surface area contributed by atoms with Gasteiger partial charge in [-0.3, -0.25) is 0 Å². The van der Waals surface area contributed by atoms with Crippen LogP contribution in [-0.2, 0) is 12.2 Å². The van der Waals surface area contributed by atoms with Crippen molar-refractivity contribution in [1.29, 1.82) is 0 Å². The van der Waals surface area contributed by atoms with Crippen LogP contribution in [0.3, 0.4) is 0 Å². The van der Waals surface area contributed by atoms with E-state index in [4.69, 9.17) is 9.40 Å².